The van der Waals surface area contributed by atoms with Crippen molar-refractivity contribution in [3.05, 3.63) is 71.8 Å². The number of carbonyl (C=O) groups is 1. The molecule has 0 spiro atoms. The molecule has 0 atom stereocenters. The van der Waals surface area contributed by atoms with Crippen LogP contribution >= 0.6 is 0 Å². The average molecular weight is 513 g/mol. The van der Waals surface area contributed by atoms with Gasteiger partial charge in [-0.3, -0.25) is 4.79 Å². The summed E-state index contributed by atoms with van der Waals surface area (Å²) < 4.78 is 40.3. The smallest absolute Gasteiger partial charge is 0.241 e. The molecule has 0 aliphatic carbocycles. The van der Waals surface area contributed by atoms with Crippen LogP contribution in [0.4, 0.5) is 0 Å². The summed E-state index contributed by atoms with van der Waals surface area (Å²) in [6.07, 6.45) is 5.27. The first kappa shape index (κ1) is 25.7. The van der Waals surface area contributed by atoms with Gasteiger partial charge in [0.25, 0.3) is 0 Å². The van der Waals surface area contributed by atoms with Crippen LogP contribution in [0.2, 0.25) is 0 Å². The highest BCUT2D eigenvalue weighted by atomic mass is 32.2. The number of aromatic nitrogens is 2. The lowest BCUT2D eigenvalue weighted by molar-refractivity contribution is -0.131. The van der Waals surface area contributed by atoms with Gasteiger partial charge in [-0.15, -0.1) is 0 Å². The Morgan fingerprint density at radius 3 is 2.31 bits per heavy atom. The molecular weight excluding hydrogens is 480 g/mol. The van der Waals surface area contributed by atoms with Gasteiger partial charge in [-0.25, -0.2) is 18.1 Å². The summed E-state index contributed by atoms with van der Waals surface area (Å²) in [6, 6.07) is 12.3. The lowest BCUT2D eigenvalue weighted by Gasteiger charge is -2.32. The van der Waals surface area contributed by atoms with Crippen molar-refractivity contribution in [2.45, 2.75) is 37.1 Å². The van der Waals surface area contributed by atoms with Crippen LogP contribution in [0.5, 0.6) is 11.5 Å². The molecule has 1 saturated heterocycles. The van der Waals surface area contributed by atoms with Crippen molar-refractivity contribution >= 4 is 15.9 Å². The average Bonchev–Trinajstić information content (AvgIpc) is 3.35. The van der Waals surface area contributed by atoms with E-state index in [9.17, 15) is 13.2 Å². The highest BCUT2D eigenvalue weighted by Crippen LogP contribution is 2.29. The van der Waals surface area contributed by atoms with Crippen LogP contribution < -0.4 is 14.2 Å². The highest BCUT2D eigenvalue weighted by Gasteiger charge is 2.27. The molecule has 0 bridgehead atoms. The topological polar surface area (TPSA) is 103 Å². The number of methoxy groups -OCH3 is 2. The first-order valence-corrected chi connectivity index (χ1v) is 13.3. The molecule has 36 heavy (non-hydrogen) atoms. The SMILES string of the molecule is COc1cc(Cn2ccnc2C2CCN(C(=O)CNS(=O)(=O)c3ccc(C)cc3)CC2)cc(OC)c1. The van der Waals surface area contributed by atoms with Crippen molar-refractivity contribution in [2.75, 3.05) is 33.9 Å². The van der Waals surface area contributed by atoms with Crippen molar-refractivity contribution in [3.63, 3.8) is 0 Å². The van der Waals surface area contributed by atoms with E-state index in [-0.39, 0.29) is 23.3 Å². The van der Waals surface area contributed by atoms with Gasteiger partial charge in [0.2, 0.25) is 15.9 Å². The Morgan fingerprint density at radius 1 is 1.06 bits per heavy atom. The van der Waals surface area contributed by atoms with E-state index >= 15 is 0 Å². The van der Waals surface area contributed by atoms with Crippen LogP contribution in [0.25, 0.3) is 0 Å². The van der Waals surface area contributed by atoms with E-state index < -0.39 is 10.0 Å². The molecule has 10 heteroatoms. The molecule has 1 aromatic heterocycles. The summed E-state index contributed by atoms with van der Waals surface area (Å²) in [5, 5.41) is 0. The number of rotatable bonds is 9. The molecule has 1 N–H and O–H groups in total. The van der Waals surface area contributed by atoms with E-state index in [1.54, 1.807) is 37.4 Å². The molecule has 3 aromatic rings. The molecule has 192 valence electrons. The predicted molar refractivity (Wildman–Crippen MR) is 136 cm³/mol. The highest BCUT2D eigenvalue weighted by molar-refractivity contribution is 7.89. The Morgan fingerprint density at radius 2 is 1.69 bits per heavy atom. The van der Waals surface area contributed by atoms with Crippen LogP contribution in [-0.4, -0.2) is 62.6 Å². The number of amides is 1. The Bertz CT molecular complexity index is 1270. The first-order valence-electron chi connectivity index (χ1n) is 11.9. The van der Waals surface area contributed by atoms with Crippen LogP contribution in [0.15, 0.2) is 59.8 Å². The fourth-order valence-corrected chi connectivity index (χ4v) is 5.40. The number of likely N-dealkylation sites (tertiary alicyclic amines) is 1. The maximum absolute atomic E-state index is 12.7. The Kier molecular flexibility index (Phi) is 7.95. The third-order valence-corrected chi connectivity index (χ3v) is 7.89. The second-order valence-electron chi connectivity index (χ2n) is 8.93. The molecule has 1 amide bonds. The third-order valence-electron chi connectivity index (χ3n) is 6.47. The van der Waals surface area contributed by atoms with Crippen LogP contribution in [-0.2, 0) is 21.4 Å². The van der Waals surface area contributed by atoms with E-state index in [0.29, 0.717) is 19.6 Å². The van der Waals surface area contributed by atoms with Crippen LogP contribution in [0, 0.1) is 6.92 Å². The molecule has 0 saturated carbocycles. The van der Waals surface area contributed by atoms with Gasteiger partial charge in [0.15, 0.2) is 0 Å². The van der Waals surface area contributed by atoms with Crippen molar-refractivity contribution in [1.82, 2.24) is 19.2 Å². The van der Waals surface area contributed by atoms with E-state index in [2.05, 4.69) is 14.3 Å². The summed E-state index contributed by atoms with van der Waals surface area (Å²) >= 11 is 0. The second kappa shape index (κ2) is 11.1. The Balaban J connectivity index is 1.34. The Labute approximate surface area is 212 Å². The van der Waals surface area contributed by atoms with Crippen molar-refractivity contribution < 1.29 is 22.7 Å². The first-order chi connectivity index (χ1) is 17.3. The molecule has 1 aliphatic rings. The molecule has 4 rings (SSSR count). The normalized spacial score (nSPS) is 14.6. The number of benzene rings is 2. The number of carbonyl (C=O) groups excluding carboxylic acids is 1. The van der Waals surface area contributed by atoms with Gasteiger partial charge in [0.05, 0.1) is 25.7 Å². The quantitative estimate of drug-likeness (QED) is 0.473. The van der Waals surface area contributed by atoms with E-state index in [1.807, 2.05) is 31.3 Å². The molecule has 0 radical (unpaired) electrons. The zero-order valence-electron chi connectivity index (χ0n) is 20.8. The number of nitrogens with one attached hydrogen (secondary N) is 1. The minimum Gasteiger partial charge on any atom is -0.497 e. The maximum Gasteiger partial charge on any atom is 0.241 e. The molecule has 0 unspecified atom stereocenters. The molecule has 2 heterocycles. The maximum atomic E-state index is 12.7. The zero-order valence-corrected chi connectivity index (χ0v) is 21.6. The summed E-state index contributed by atoms with van der Waals surface area (Å²) in [5.74, 6) is 2.42. The number of hydrogen-bond acceptors (Lipinski definition) is 6. The van der Waals surface area contributed by atoms with Gasteiger partial charge in [-0.1, -0.05) is 17.7 Å². The summed E-state index contributed by atoms with van der Waals surface area (Å²) in [7, 11) is -0.474. The molecule has 1 fully saturated rings. The van der Waals surface area contributed by atoms with E-state index in [0.717, 1.165) is 41.3 Å². The number of hydrogen-bond donors (Lipinski definition) is 1. The van der Waals surface area contributed by atoms with Gasteiger partial charge in [-0.05, 0) is 49.6 Å². The number of imidazole rings is 1. The zero-order chi connectivity index (χ0) is 25.7. The largest absolute Gasteiger partial charge is 0.497 e. The van der Waals surface area contributed by atoms with Gasteiger partial charge in [-0.2, -0.15) is 0 Å². The molecule has 9 nitrogen and oxygen atoms in total. The van der Waals surface area contributed by atoms with Crippen molar-refractivity contribution in [3.8, 4) is 11.5 Å². The fraction of sp³-hybridized carbons (Fsp3) is 0.385. The van der Waals surface area contributed by atoms with Crippen LogP contribution in [0.3, 0.4) is 0 Å². The predicted octanol–water partition coefficient (Wildman–Crippen LogP) is 2.94. The van der Waals surface area contributed by atoms with E-state index in [4.69, 9.17) is 9.47 Å². The lowest BCUT2D eigenvalue weighted by Crippen LogP contribution is -2.44. The van der Waals surface area contributed by atoms with E-state index in [1.165, 1.54) is 12.1 Å². The molecule has 2 aromatic carbocycles. The number of aryl methyl sites for hydroxylation is 1. The van der Waals surface area contributed by atoms with Gasteiger partial charge >= 0.3 is 0 Å². The number of nitrogens with zero attached hydrogens (tertiary/aromatic N) is 3. The lowest BCUT2D eigenvalue weighted by atomic mass is 9.95. The standard InChI is InChI=1S/C26H32N4O5S/c1-19-4-6-24(7-5-19)36(32,33)28-17-25(31)29-11-8-21(9-12-29)26-27-10-13-30(26)18-20-14-22(34-2)16-23(15-20)35-3/h4-7,10,13-16,21,28H,8-9,11-12,17-18H2,1-3H3. The second-order valence-corrected chi connectivity index (χ2v) is 10.7. The third kappa shape index (κ3) is 6.06. The van der Waals surface area contributed by atoms with Crippen molar-refractivity contribution in [1.29, 1.82) is 0 Å². The minimum atomic E-state index is -3.73. The summed E-state index contributed by atoms with van der Waals surface area (Å²) in [4.78, 5) is 19.2. The van der Waals surface area contributed by atoms with Gasteiger partial charge in [0, 0.05) is 44.0 Å². The summed E-state index contributed by atoms with van der Waals surface area (Å²) in [5.41, 5.74) is 2.01. The van der Waals surface area contributed by atoms with Crippen molar-refractivity contribution in [2.24, 2.45) is 0 Å². The van der Waals surface area contributed by atoms with Crippen LogP contribution in [0.1, 0.15) is 35.7 Å². The Hall–Kier alpha value is -3.37. The van der Waals surface area contributed by atoms with Gasteiger partial charge < -0.3 is 18.9 Å². The molecular formula is C26H32N4O5S. The number of ether oxygens (including phenoxy) is 2. The molecule has 1 aliphatic heterocycles. The fourth-order valence-electron chi connectivity index (χ4n) is 4.43. The summed E-state index contributed by atoms with van der Waals surface area (Å²) in [6.45, 7) is 3.36. The number of sulfonamides is 1. The van der Waals surface area contributed by atoms with Gasteiger partial charge in [0.1, 0.15) is 17.3 Å². The number of piperidine rings is 1. The minimum absolute atomic E-state index is 0.153. The monoisotopic (exact) mass is 512 g/mol.